The normalized spacial score (nSPS) is 11.2. The minimum atomic E-state index is -0.0429. The lowest BCUT2D eigenvalue weighted by Gasteiger charge is -2.20. The molecule has 4 heteroatoms. The van der Waals surface area contributed by atoms with Crippen LogP contribution in [0.25, 0.3) is 0 Å². The Morgan fingerprint density at radius 2 is 1.93 bits per heavy atom. The number of methoxy groups -OCH3 is 1. The van der Waals surface area contributed by atoms with E-state index in [1.165, 1.54) is 0 Å². The number of nitrogens with one attached hydrogen (secondary N) is 1. The van der Waals surface area contributed by atoms with Gasteiger partial charge in [-0.05, 0) is 27.7 Å². The van der Waals surface area contributed by atoms with Crippen LogP contribution in [-0.2, 0) is 0 Å². The van der Waals surface area contributed by atoms with Crippen LogP contribution >= 0.6 is 0 Å². The topological polar surface area (TPSA) is 47.0 Å². The summed E-state index contributed by atoms with van der Waals surface area (Å²) in [7, 11) is 1.60. The smallest absolute Gasteiger partial charge is 0.226 e. The van der Waals surface area contributed by atoms with Gasteiger partial charge in [0.2, 0.25) is 11.8 Å². The van der Waals surface area contributed by atoms with E-state index in [0.29, 0.717) is 11.8 Å². The summed E-state index contributed by atoms with van der Waals surface area (Å²) in [5, 5.41) is 3.19. The monoisotopic (exact) mass is 195 g/mol. The molecule has 14 heavy (non-hydrogen) atoms. The van der Waals surface area contributed by atoms with Crippen molar-refractivity contribution < 1.29 is 4.74 Å². The van der Waals surface area contributed by atoms with Crippen molar-refractivity contribution in [3.8, 4) is 5.88 Å². The fourth-order valence-corrected chi connectivity index (χ4v) is 1.04. The standard InChI is InChI=1S/C10H17N3O/c1-7-6-8(14-5)12-9(11-7)13-10(2,3)4/h6H,1-5H3,(H,11,12,13). The second-order valence-corrected chi connectivity index (χ2v) is 4.25. The lowest BCUT2D eigenvalue weighted by molar-refractivity contribution is 0.396. The van der Waals surface area contributed by atoms with Gasteiger partial charge in [-0.2, -0.15) is 4.98 Å². The molecule has 0 radical (unpaired) electrons. The predicted octanol–water partition coefficient (Wildman–Crippen LogP) is 2.00. The highest BCUT2D eigenvalue weighted by Crippen LogP contribution is 2.14. The number of anilines is 1. The summed E-state index contributed by atoms with van der Waals surface area (Å²) in [6.07, 6.45) is 0. The lowest BCUT2D eigenvalue weighted by atomic mass is 10.1. The first kappa shape index (κ1) is 10.8. The fraction of sp³-hybridized carbons (Fsp3) is 0.600. The van der Waals surface area contributed by atoms with Crippen molar-refractivity contribution in [2.24, 2.45) is 0 Å². The first-order valence-electron chi connectivity index (χ1n) is 4.58. The van der Waals surface area contributed by atoms with Gasteiger partial charge in [0.15, 0.2) is 0 Å². The molecule has 4 nitrogen and oxygen atoms in total. The zero-order valence-electron chi connectivity index (χ0n) is 9.38. The number of aryl methyl sites for hydroxylation is 1. The summed E-state index contributed by atoms with van der Waals surface area (Å²) in [5.74, 6) is 1.19. The molecule has 1 heterocycles. The van der Waals surface area contributed by atoms with Crippen LogP contribution in [0, 0.1) is 6.92 Å². The fourth-order valence-electron chi connectivity index (χ4n) is 1.04. The van der Waals surface area contributed by atoms with Gasteiger partial charge in [0.1, 0.15) is 0 Å². The highest BCUT2D eigenvalue weighted by molar-refractivity contribution is 5.32. The van der Waals surface area contributed by atoms with Crippen LogP contribution in [0.2, 0.25) is 0 Å². The highest BCUT2D eigenvalue weighted by atomic mass is 16.5. The summed E-state index contributed by atoms with van der Waals surface area (Å²) < 4.78 is 5.06. The van der Waals surface area contributed by atoms with Crippen molar-refractivity contribution >= 4 is 5.95 Å². The summed E-state index contributed by atoms with van der Waals surface area (Å²) in [5.41, 5.74) is 0.849. The molecule has 0 spiro atoms. The van der Waals surface area contributed by atoms with E-state index in [-0.39, 0.29) is 5.54 Å². The third kappa shape index (κ3) is 3.20. The van der Waals surface area contributed by atoms with Crippen molar-refractivity contribution in [2.75, 3.05) is 12.4 Å². The number of hydrogen-bond donors (Lipinski definition) is 1. The van der Waals surface area contributed by atoms with Crippen molar-refractivity contribution in [3.05, 3.63) is 11.8 Å². The Morgan fingerprint density at radius 1 is 1.29 bits per heavy atom. The molecule has 0 aliphatic rings. The van der Waals surface area contributed by atoms with Gasteiger partial charge in [-0.3, -0.25) is 0 Å². The first-order valence-corrected chi connectivity index (χ1v) is 4.58. The number of aromatic nitrogens is 2. The van der Waals surface area contributed by atoms with Crippen LogP contribution in [0.5, 0.6) is 5.88 Å². The molecule has 0 saturated carbocycles. The Morgan fingerprint density at radius 3 is 2.43 bits per heavy atom. The Kier molecular flexibility index (Phi) is 2.93. The van der Waals surface area contributed by atoms with Crippen LogP contribution < -0.4 is 10.1 Å². The second-order valence-electron chi connectivity index (χ2n) is 4.25. The maximum absolute atomic E-state index is 5.06. The molecule has 0 atom stereocenters. The van der Waals surface area contributed by atoms with Crippen LogP contribution in [0.3, 0.4) is 0 Å². The largest absolute Gasteiger partial charge is 0.481 e. The van der Waals surface area contributed by atoms with Gasteiger partial charge in [-0.1, -0.05) is 0 Å². The number of rotatable bonds is 2. The predicted molar refractivity (Wildman–Crippen MR) is 56.7 cm³/mol. The molecule has 0 saturated heterocycles. The molecule has 1 aromatic rings. The van der Waals surface area contributed by atoms with Gasteiger partial charge >= 0.3 is 0 Å². The average molecular weight is 195 g/mol. The lowest BCUT2D eigenvalue weighted by Crippen LogP contribution is -2.27. The number of ether oxygens (including phenoxy) is 1. The van der Waals surface area contributed by atoms with E-state index in [0.717, 1.165) is 5.69 Å². The second kappa shape index (κ2) is 3.82. The molecule has 1 N–H and O–H groups in total. The Balaban J connectivity index is 2.92. The summed E-state index contributed by atoms with van der Waals surface area (Å²) in [6.45, 7) is 8.10. The van der Waals surface area contributed by atoms with E-state index in [1.54, 1.807) is 13.2 Å². The van der Waals surface area contributed by atoms with E-state index in [2.05, 4.69) is 36.1 Å². The SMILES string of the molecule is COc1cc(C)nc(NC(C)(C)C)n1. The molecule has 0 amide bonds. The molecule has 0 aliphatic carbocycles. The maximum Gasteiger partial charge on any atom is 0.226 e. The van der Waals surface area contributed by atoms with E-state index in [9.17, 15) is 0 Å². The molecule has 1 rings (SSSR count). The van der Waals surface area contributed by atoms with Gasteiger partial charge in [-0.15, -0.1) is 0 Å². The van der Waals surface area contributed by atoms with Crippen molar-refractivity contribution in [1.82, 2.24) is 9.97 Å². The van der Waals surface area contributed by atoms with E-state index >= 15 is 0 Å². The van der Waals surface area contributed by atoms with Crippen LogP contribution in [-0.4, -0.2) is 22.6 Å². The average Bonchev–Trinajstić information content (AvgIpc) is 1.99. The van der Waals surface area contributed by atoms with Crippen molar-refractivity contribution in [2.45, 2.75) is 33.2 Å². The van der Waals surface area contributed by atoms with Crippen molar-refractivity contribution in [3.63, 3.8) is 0 Å². The Hall–Kier alpha value is -1.32. The summed E-state index contributed by atoms with van der Waals surface area (Å²) in [6, 6.07) is 1.80. The summed E-state index contributed by atoms with van der Waals surface area (Å²) >= 11 is 0. The Labute approximate surface area is 84.7 Å². The van der Waals surface area contributed by atoms with Crippen molar-refractivity contribution in [1.29, 1.82) is 0 Å². The van der Waals surface area contributed by atoms with Gasteiger partial charge < -0.3 is 10.1 Å². The molecule has 0 fully saturated rings. The molecule has 0 aromatic carbocycles. The quantitative estimate of drug-likeness (QED) is 0.784. The van der Waals surface area contributed by atoms with Crippen LogP contribution in [0.15, 0.2) is 6.07 Å². The van der Waals surface area contributed by atoms with Gasteiger partial charge in [-0.25, -0.2) is 4.98 Å². The van der Waals surface area contributed by atoms with Gasteiger partial charge in [0.05, 0.1) is 7.11 Å². The minimum absolute atomic E-state index is 0.0429. The van der Waals surface area contributed by atoms with E-state index in [1.807, 2.05) is 6.92 Å². The molecule has 0 unspecified atom stereocenters. The third-order valence-corrected chi connectivity index (χ3v) is 1.53. The first-order chi connectivity index (χ1) is 6.40. The molecular weight excluding hydrogens is 178 g/mol. The maximum atomic E-state index is 5.06. The van der Waals surface area contributed by atoms with Crippen LogP contribution in [0.1, 0.15) is 26.5 Å². The van der Waals surface area contributed by atoms with Gasteiger partial charge in [0.25, 0.3) is 0 Å². The molecule has 0 bridgehead atoms. The third-order valence-electron chi connectivity index (χ3n) is 1.53. The highest BCUT2D eigenvalue weighted by Gasteiger charge is 2.12. The zero-order valence-corrected chi connectivity index (χ0v) is 9.38. The van der Waals surface area contributed by atoms with E-state index < -0.39 is 0 Å². The van der Waals surface area contributed by atoms with Gasteiger partial charge in [0, 0.05) is 17.3 Å². The summed E-state index contributed by atoms with van der Waals surface area (Å²) in [4.78, 5) is 8.46. The number of nitrogens with zero attached hydrogens (tertiary/aromatic N) is 2. The zero-order chi connectivity index (χ0) is 10.8. The minimum Gasteiger partial charge on any atom is -0.481 e. The molecule has 0 aliphatic heterocycles. The molecule has 78 valence electrons. The Bertz CT molecular complexity index is 318. The molecule has 1 aromatic heterocycles. The molecular formula is C10H17N3O. The van der Waals surface area contributed by atoms with Crippen LogP contribution in [0.4, 0.5) is 5.95 Å². The number of hydrogen-bond acceptors (Lipinski definition) is 4. The van der Waals surface area contributed by atoms with E-state index in [4.69, 9.17) is 4.74 Å².